The van der Waals surface area contributed by atoms with Crippen LogP contribution >= 0.6 is 23.2 Å². The largest absolute Gasteiger partial charge is 0.491 e. The maximum atomic E-state index is 13.4. The van der Waals surface area contributed by atoms with E-state index in [4.69, 9.17) is 32.7 Å². The van der Waals surface area contributed by atoms with E-state index in [0.717, 1.165) is 12.8 Å². The molecule has 0 bridgehead atoms. The minimum atomic E-state index is -0.739. The molecule has 0 radical (unpaired) electrons. The van der Waals surface area contributed by atoms with E-state index in [0.29, 0.717) is 36.2 Å². The first kappa shape index (κ1) is 24.5. The van der Waals surface area contributed by atoms with Crippen LogP contribution in [-0.2, 0) is 4.79 Å². The molecule has 10 heteroatoms. The average Bonchev–Trinajstić information content (AvgIpc) is 2.79. The van der Waals surface area contributed by atoms with Crippen molar-refractivity contribution in [2.24, 2.45) is 0 Å². The summed E-state index contributed by atoms with van der Waals surface area (Å²) < 4.78 is 24.3. The summed E-state index contributed by atoms with van der Waals surface area (Å²) in [5, 5.41) is 15.9. The predicted octanol–water partition coefficient (Wildman–Crippen LogP) is 3.04. The van der Waals surface area contributed by atoms with Crippen LogP contribution in [0.4, 0.5) is 4.39 Å². The van der Waals surface area contributed by atoms with Crippen LogP contribution in [0.25, 0.3) is 0 Å². The van der Waals surface area contributed by atoms with Crippen LogP contribution < -0.4 is 20.2 Å². The number of rotatable bonds is 10. The van der Waals surface area contributed by atoms with Crippen molar-refractivity contribution in [3.05, 3.63) is 58.3 Å². The van der Waals surface area contributed by atoms with Crippen LogP contribution in [0.5, 0.6) is 11.5 Å². The van der Waals surface area contributed by atoms with E-state index in [1.807, 2.05) is 5.01 Å². The minimum Gasteiger partial charge on any atom is -0.491 e. The van der Waals surface area contributed by atoms with Gasteiger partial charge in [0.2, 0.25) is 0 Å². The third-order valence-electron chi connectivity index (χ3n) is 4.94. The summed E-state index contributed by atoms with van der Waals surface area (Å²) in [6.45, 7) is 1.67. The summed E-state index contributed by atoms with van der Waals surface area (Å²) in [6.07, 6.45) is 0.888. The van der Waals surface area contributed by atoms with Gasteiger partial charge in [-0.2, -0.15) is 0 Å². The maximum absolute atomic E-state index is 13.4. The van der Waals surface area contributed by atoms with Gasteiger partial charge in [0.05, 0.1) is 5.02 Å². The van der Waals surface area contributed by atoms with Crippen LogP contribution in [0.1, 0.15) is 12.8 Å². The van der Waals surface area contributed by atoms with Gasteiger partial charge >= 0.3 is 0 Å². The number of ether oxygens (including phenoxy) is 2. The van der Waals surface area contributed by atoms with Crippen LogP contribution in [-0.4, -0.2) is 61.0 Å². The quantitative estimate of drug-likeness (QED) is 0.479. The van der Waals surface area contributed by atoms with Crippen LogP contribution in [0.15, 0.2) is 42.5 Å². The van der Waals surface area contributed by atoms with Crippen molar-refractivity contribution in [1.29, 1.82) is 0 Å². The van der Waals surface area contributed by atoms with Gasteiger partial charge in [-0.3, -0.25) is 10.2 Å². The van der Waals surface area contributed by atoms with Gasteiger partial charge in [-0.05, 0) is 49.2 Å². The van der Waals surface area contributed by atoms with Crippen molar-refractivity contribution in [1.82, 2.24) is 15.8 Å². The van der Waals surface area contributed by atoms with Gasteiger partial charge in [-0.1, -0.05) is 23.2 Å². The Labute approximate surface area is 196 Å². The smallest absolute Gasteiger partial charge is 0.272 e. The number of nitrogens with zero attached hydrogens (tertiary/aromatic N) is 1. The van der Waals surface area contributed by atoms with Gasteiger partial charge in [0.1, 0.15) is 30.0 Å². The molecular formula is C22H26Cl2FN3O4. The molecule has 1 unspecified atom stereocenters. The molecule has 0 saturated carbocycles. The Kier molecular flexibility index (Phi) is 9.37. The lowest BCUT2D eigenvalue weighted by Gasteiger charge is -2.32. The predicted molar refractivity (Wildman–Crippen MR) is 121 cm³/mol. The van der Waals surface area contributed by atoms with E-state index in [1.54, 1.807) is 30.3 Å². The number of piperidine rings is 1. The number of amides is 1. The SMILES string of the molecule is O=C(COc1ccc(Cl)cc1)NN1CCC(NCC(O)COc2ccc(Cl)c(F)c2)CC1. The summed E-state index contributed by atoms with van der Waals surface area (Å²) in [7, 11) is 0. The summed E-state index contributed by atoms with van der Waals surface area (Å²) in [6, 6.07) is 11.2. The van der Waals surface area contributed by atoms with E-state index in [9.17, 15) is 14.3 Å². The van der Waals surface area contributed by atoms with Crippen molar-refractivity contribution in [3.8, 4) is 11.5 Å². The molecule has 0 spiro atoms. The number of carbonyl (C=O) groups excluding carboxylic acids is 1. The third kappa shape index (κ3) is 8.11. The first-order chi connectivity index (χ1) is 15.4. The molecular weight excluding hydrogens is 460 g/mol. The highest BCUT2D eigenvalue weighted by Crippen LogP contribution is 2.20. The van der Waals surface area contributed by atoms with Crippen molar-refractivity contribution >= 4 is 29.1 Å². The van der Waals surface area contributed by atoms with Crippen LogP contribution in [0.2, 0.25) is 10.0 Å². The van der Waals surface area contributed by atoms with Crippen LogP contribution in [0.3, 0.4) is 0 Å². The second-order valence-corrected chi connectivity index (χ2v) is 8.33. The number of benzene rings is 2. The zero-order valence-electron chi connectivity index (χ0n) is 17.4. The fourth-order valence-electron chi connectivity index (χ4n) is 3.20. The van der Waals surface area contributed by atoms with E-state index in [1.165, 1.54) is 12.1 Å². The average molecular weight is 486 g/mol. The maximum Gasteiger partial charge on any atom is 0.272 e. The Bertz CT molecular complexity index is 880. The number of carbonyl (C=O) groups is 1. The number of hydrogen-bond acceptors (Lipinski definition) is 6. The lowest BCUT2D eigenvalue weighted by molar-refractivity contribution is -0.128. The molecule has 1 aliphatic rings. The van der Waals surface area contributed by atoms with Gasteiger partial charge in [0.15, 0.2) is 6.61 Å². The van der Waals surface area contributed by atoms with E-state index >= 15 is 0 Å². The molecule has 1 amide bonds. The van der Waals surface area contributed by atoms with Crippen LogP contribution in [0, 0.1) is 5.82 Å². The Morgan fingerprint density at radius 2 is 1.81 bits per heavy atom. The number of aliphatic hydroxyl groups is 1. The highest BCUT2D eigenvalue weighted by Gasteiger charge is 2.21. The molecule has 3 N–H and O–H groups in total. The number of nitrogens with one attached hydrogen (secondary N) is 2. The lowest BCUT2D eigenvalue weighted by atomic mass is 10.1. The monoisotopic (exact) mass is 485 g/mol. The van der Waals surface area contributed by atoms with Gasteiger partial charge in [0, 0.05) is 36.8 Å². The molecule has 1 fully saturated rings. The second-order valence-electron chi connectivity index (χ2n) is 7.49. The summed E-state index contributed by atoms with van der Waals surface area (Å²) in [5.41, 5.74) is 2.84. The van der Waals surface area contributed by atoms with Crippen molar-refractivity contribution in [3.63, 3.8) is 0 Å². The molecule has 0 aromatic heterocycles. The van der Waals surface area contributed by atoms with Crippen molar-refractivity contribution in [2.45, 2.75) is 25.0 Å². The van der Waals surface area contributed by atoms with E-state index in [2.05, 4.69) is 10.7 Å². The first-order valence-corrected chi connectivity index (χ1v) is 11.1. The number of aliphatic hydroxyl groups excluding tert-OH is 1. The molecule has 0 aliphatic carbocycles. The highest BCUT2D eigenvalue weighted by molar-refractivity contribution is 6.30. The standard InChI is InChI=1S/C22H26Cl2FN3O4/c23-15-1-3-18(4-2-15)32-14-22(30)27-28-9-7-16(8-10-28)26-12-17(29)13-31-19-5-6-20(24)21(25)11-19/h1-6,11,16-17,26,29H,7-10,12-14H2,(H,27,30). The molecule has 1 atom stereocenters. The van der Waals surface area contributed by atoms with Crippen molar-refractivity contribution < 1.29 is 23.8 Å². The molecule has 32 heavy (non-hydrogen) atoms. The molecule has 3 rings (SSSR count). The summed E-state index contributed by atoms with van der Waals surface area (Å²) in [4.78, 5) is 12.1. The Hall–Kier alpha value is -2.10. The Balaban J connectivity index is 1.28. The summed E-state index contributed by atoms with van der Waals surface area (Å²) in [5.74, 6) is 0.107. The Morgan fingerprint density at radius 3 is 2.50 bits per heavy atom. The molecule has 174 valence electrons. The van der Waals surface area contributed by atoms with E-state index < -0.39 is 11.9 Å². The fraction of sp³-hybridized carbons (Fsp3) is 0.409. The Morgan fingerprint density at radius 1 is 1.12 bits per heavy atom. The molecule has 1 saturated heterocycles. The number of halogens is 3. The molecule has 7 nitrogen and oxygen atoms in total. The van der Waals surface area contributed by atoms with E-state index in [-0.39, 0.29) is 30.2 Å². The lowest BCUT2D eigenvalue weighted by Crippen LogP contribution is -2.52. The normalized spacial score (nSPS) is 15.9. The second kappa shape index (κ2) is 12.2. The minimum absolute atomic E-state index is 0.0242. The van der Waals surface area contributed by atoms with Gasteiger partial charge in [0.25, 0.3) is 5.91 Å². The van der Waals surface area contributed by atoms with Gasteiger partial charge in [-0.25, -0.2) is 9.40 Å². The highest BCUT2D eigenvalue weighted by atomic mass is 35.5. The molecule has 1 aliphatic heterocycles. The van der Waals surface area contributed by atoms with Gasteiger partial charge in [-0.15, -0.1) is 0 Å². The number of hydrazine groups is 1. The zero-order chi connectivity index (χ0) is 22.9. The number of hydrogen-bond donors (Lipinski definition) is 3. The zero-order valence-corrected chi connectivity index (χ0v) is 18.9. The molecule has 1 heterocycles. The third-order valence-corrected chi connectivity index (χ3v) is 5.50. The molecule has 2 aromatic rings. The van der Waals surface area contributed by atoms with Gasteiger partial charge < -0.3 is 19.9 Å². The van der Waals surface area contributed by atoms with Crippen molar-refractivity contribution in [2.75, 3.05) is 32.8 Å². The summed E-state index contributed by atoms with van der Waals surface area (Å²) >= 11 is 11.5. The topological polar surface area (TPSA) is 83.1 Å². The first-order valence-electron chi connectivity index (χ1n) is 10.3. The fourth-order valence-corrected chi connectivity index (χ4v) is 3.45. The molecule has 2 aromatic carbocycles.